The number of hydrogen-bond acceptors (Lipinski definition) is 2. The van der Waals surface area contributed by atoms with Crippen molar-refractivity contribution >= 4 is 17.3 Å². The second-order valence-corrected chi connectivity index (χ2v) is 5.08. The van der Waals surface area contributed by atoms with Crippen molar-refractivity contribution in [2.75, 3.05) is 25.0 Å². The van der Waals surface area contributed by atoms with Crippen LogP contribution < -0.4 is 5.32 Å². The van der Waals surface area contributed by atoms with Gasteiger partial charge in [0.2, 0.25) is 0 Å². The molecule has 3 rings (SSSR count). The Kier molecular flexibility index (Phi) is 2.78. The Bertz CT molecular complexity index is 386. The lowest BCUT2D eigenvalue weighted by molar-refractivity contribution is 0.234. The fourth-order valence-electron chi connectivity index (χ4n) is 2.94. The van der Waals surface area contributed by atoms with Gasteiger partial charge >= 0.3 is 0 Å². The van der Waals surface area contributed by atoms with Gasteiger partial charge < -0.3 is 5.32 Å². The van der Waals surface area contributed by atoms with Crippen LogP contribution in [0.15, 0.2) is 18.2 Å². The third kappa shape index (κ3) is 1.70. The highest BCUT2D eigenvalue weighted by Gasteiger charge is 2.29. The number of rotatable bonds is 1. The number of nitrogens with one attached hydrogen (secondary N) is 1. The Morgan fingerprint density at radius 3 is 2.88 bits per heavy atom. The van der Waals surface area contributed by atoms with Crippen LogP contribution in [0.3, 0.4) is 0 Å². The van der Waals surface area contributed by atoms with E-state index in [4.69, 9.17) is 11.6 Å². The predicted molar refractivity (Wildman–Crippen MR) is 68.1 cm³/mol. The Morgan fingerprint density at radius 2 is 2.06 bits per heavy atom. The molecule has 1 unspecified atom stereocenters. The molecule has 0 bridgehead atoms. The molecule has 3 heteroatoms. The van der Waals surface area contributed by atoms with Gasteiger partial charge in [0, 0.05) is 28.9 Å². The van der Waals surface area contributed by atoms with Crippen molar-refractivity contribution in [1.29, 1.82) is 0 Å². The Labute approximate surface area is 102 Å². The zero-order valence-electron chi connectivity index (χ0n) is 9.38. The molecular weight excluding hydrogens is 220 g/mol. The largest absolute Gasteiger partial charge is 0.385 e. The Balaban J connectivity index is 1.98. The van der Waals surface area contributed by atoms with Crippen LogP contribution in [0.2, 0.25) is 5.02 Å². The minimum atomic E-state index is 0.535. The van der Waals surface area contributed by atoms with E-state index in [0.29, 0.717) is 6.04 Å². The van der Waals surface area contributed by atoms with Crippen LogP contribution in [0.25, 0.3) is 0 Å². The van der Waals surface area contributed by atoms with Gasteiger partial charge in [-0.1, -0.05) is 17.7 Å². The molecule has 0 aromatic heterocycles. The lowest BCUT2D eigenvalue weighted by Crippen LogP contribution is -2.31. The molecule has 1 N–H and O–H groups in total. The Hall–Kier alpha value is -0.730. The van der Waals surface area contributed by atoms with E-state index in [0.717, 1.165) is 11.6 Å². The fourth-order valence-corrected chi connectivity index (χ4v) is 3.24. The van der Waals surface area contributed by atoms with Crippen molar-refractivity contribution in [2.24, 2.45) is 0 Å². The SMILES string of the molecule is Clc1cccc2c1C(N1CCCC1)CCN2. The molecule has 2 nitrogen and oxygen atoms in total. The maximum atomic E-state index is 6.35. The first-order chi connectivity index (χ1) is 7.86. The molecule has 2 aliphatic heterocycles. The van der Waals surface area contributed by atoms with Gasteiger partial charge in [0.25, 0.3) is 0 Å². The number of fused-ring (bicyclic) bond motifs is 1. The van der Waals surface area contributed by atoms with Gasteiger partial charge in [0.05, 0.1) is 0 Å². The summed E-state index contributed by atoms with van der Waals surface area (Å²) in [6.45, 7) is 3.53. The zero-order valence-corrected chi connectivity index (χ0v) is 10.1. The normalized spacial score (nSPS) is 25.2. The van der Waals surface area contributed by atoms with E-state index in [1.807, 2.05) is 12.1 Å². The smallest absolute Gasteiger partial charge is 0.0474 e. The van der Waals surface area contributed by atoms with E-state index in [1.54, 1.807) is 0 Å². The molecule has 0 radical (unpaired) electrons. The highest BCUT2D eigenvalue weighted by Crippen LogP contribution is 2.39. The molecule has 0 aliphatic carbocycles. The van der Waals surface area contributed by atoms with Crippen molar-refractivity contribution in [3.05, 3.63) is 28.8 Å². The molecule has 0 spiro atoms. The van der Waals surface area contributed by atoms with Crippen molar-refractivity contribution in [1.82, 2.24) is 4.90 Å². The summed E-state index contributed by atoms with van der Waals surface area (Å²) in [6.07, 6.45) is 3.85. The number of benzene rings is 1. The molecular formula is C13H17ClN2. The van der Waals surface area contributed by atoms with Crippen LogP contribution in [-0.4, -0.2) is 24.5 Å². The number of halogens is 1. The number of nitrogens with zero attached hydrogens (tertiary/aromatic N) is 1. The summed E-state index contributed by atoms with van der Waals surface area (Å²) >= 11 is 6.35. The standard InChI is InChI=1S/C13H17ClN2/c14-10-4-3-5-11-13(10)12(6-7-15-11)16-8-1-2-9-16/h3-5,12,15H,1-2,6-9H2. The molecule has 2 aliphatic rings. The maximum Gasteiger partial charge on any atom is 0.0474 e. The molecule has 16 heavy (non-hydrogen) atoms. The summed E-state index contributed by atoms with van der Waals surface area (Å²) in [7, 11) is 0. The quantitative estimate of drug-likeness (QED) is 0.805. The van der Waals surface area contributed by atoms with E-state index in [1.165, 1.54) is 43.6 Å². The highest BCUT2D eigenvalue weighted by atomic mass is 35.5. The predicted octanol–water partition coefficient (Wildman–Crippen LogP) is 3.29. The van der Waals surface area contributed by atoms with Crippen molar-refractivity contribution in [3.8, 4) is 0 Å². The van der Waals surface area contributed by atoms with Crippen LogP contribution in [0, 0.1) is 0 Å². The average Bonchev–Trinajstić information content (AvgIpc) is 2.82. The van der Waals surface area contributed by atoms with E-state index in [-0.39, 0.29) is 0 Å². The molecule has 0 amide bonds. The van der Waals surface area contributed by atoms with Gasteiger partial charge in [0.15, 0.2) is 0 Å². The molecule has 0 saturated carbocycles. The summed E-state index contributed by atoms with van der Waals surface area (Å²) < 4.78 is 0. The van der Waals surface area contributed by atoms with Crippen LogP contribution in [-0.2, 0) is 0 Å². The molecule has 1 fully saturated rings. The number of hydrogen-bond donors (Lipinski definition) is 1. The van der Waals surface area contributed by atoms with Gasteiger partial charge in [0.1, 0.15) is 0 Å². The molecule has 1 aromatic carbocycles. The minimum absolute atomic E-state index is 0.535. The highest BCUT2D eigenvalue weighted by molar-refractivity contribution is 6.31. The minimum Gasteiger partial charge on any atom is -0.385 e. The van der Waals surface area contributed by atoms with Gasteiger partial charge in [-0.05, 0) is 44.5 Å². The lowest BCUT2D eigenvalue weighted by Gasteiger charge is -2.34. The van der Waals surface area contributed by atoms with Crippen LogP contribution in [0.5, 0.6) is 0 Å². The number of anilines is 1. The topological polar surface area (TPSA) is 15.3 Å². The van der Waals surface area contributed by atoms with Crippen molar-refractivity contribution in [2.45, 2.75) is 25.3 Å². The zero-order chi connectivity index (χ0) is 11.0. The van der Waals surface area contributed by atoms with E-state index in [9.17, 15) is 0 Å². The van der Waals surface area contributed by atoms with E-state index < -0.39 is 0 Å². The first kappa shape index (κ1) is 10.4. The lowest BCUT2D eigenvalue weighted by atomic mass is 9.96. The summed E-state index contributed by atoms with van der Waals surface area (Å²) in [5, 5.41) is 4.36. The molecule has 2 heterocycles. The van der Waals surface area contributed by atoms with Gasteiger partial charge in [-0.15, -0.1) is 0 Å². The monoisotopic (exact) mass is 236 g/mol. The van der Waals surface area contributed by atoms with Gasteiger partial charge in [-0.3, -0.25) is 4.90 Å². The van der Waals surface area contributed by atoms with Crippen LogP contribution >= 0.6 is 11.6 Å². The molecule has 86 valence electrons. The third-order valence-corrected chi connectivity index (χ3v) is 4.03. The van der Waals surface area contributed by atoms with E-state index in [2.05, 4.69) is 16.3 Å². The van der Waals surface area contributed by atoms with E-state index >= 15 is 0 Å². The molecule has 1 aromatic rings. The summed E-state index contributed by atoms with van der Waals surface area (Å²) in [5.41, 5.74) is 2.55. The number of likely N-dealkylation sites (tertiary alicyclic amines) is 1. The van der Waals surface area contributed by atoms with Crippen LogP contribution in [0.4, 0.5) is 5.69 Å². The first-order valence-corrected chi connectivity index (χ1v) is 6.50. The Morgan fingerprint density at radius 1 is 1.25 bits per heavy atom. The summed E-state index contributed by atoms with van der Waals surface area (Å²) in [6, 6.07) is 6.72. The summed E-state index contributed by atoms with van der Waals surface area (Å²) in [4.78, 5) is 2.59. The summed E-state index contributed by atoms with van der Waals surface area (Å²) in [5.74, 6) is 0. The van der Waals surface area contributed by atoms with Gasteiger partial charge in [-0.2, -0.15) is 0 Å². The second kappa shape index (κ2) is 4.27. The average molecular weight is 237 g/mol. The van der Waals surface area contributed by atoms with Crippen LogP contribution in [0.1, 0.15) is 30.9 Å². The second-order valence-electron chi connectivity index (χ2n) is 4.68. The first-order valence-electron chi connectivity index (χ1n) is 6.12. The fraction of sp³-hybridized carbons (Fsp3) is 0.538. The third-order valence-electron chi connectivity index (χ3n) is 3.70. The molecule has 1 saturated heterocycles. The molecule has 1 atom stereocenters. The maximum absolute atomic E-state index is 6.35. The van der Waals surface area contributed by atoms with Crippen molar-refractivity contribution in [3.63, 3.8) is 0 Å². The van der Waals surface area contributed by atoms with Gasteiger partial charge in [-0.25, -0.2) is 0 Å². The van der Waals surface area contributed by atoms with Crippen molar-refractivity contribution < 1.29 is 0 Å².